The molecule has 2 fully saturated rings. The molecule has 17 heavy (non-hydrogen) atoms. The van der Waals surface area contributed by atoms with Gasteiger partial charge in [0.25, 0.3) is 0 Å². The van der Waals surface area contributed by atoms with Gasteiger partial charge in [0.1, 0.15) is 0 Å². The molecule has 0 spiro atoms. The number of rotatable bonds is 3. The zero-order valence-electron chi connectivity index (χ0n) is 11.0. The van der Waals surface area contributed by atoms with Gasteiger partial charge in [0.05, 0.1) is 6.04 Å². The predicted molar refractivity (Wildman–Crippen MR) is 68.9 cm³/mol. The van der Waals surface area contributed by atoms with Crippen LogP contribution in [0, 0.1) is 5.92 Å². The number of carbonyl (C=O) groups is 1. The molecule has 2 heterocycles. The standard InChI is InChI=1S/C13H25N3O/c1-10(13(17)14-2)16-8-4-5-11(9-16)12-6-3-7-15-12/h10-12,15H,3-9H2,1-2H3,(H,14,17). The Labute approximate surface area is 104 Å². The average Bonchev–Trinajstić information content (AvgIpc) is 2.91. The number of nitrogens with zero attached hydrogens (tertiary/aromatic N) is 1. The van der Waals surface area contributed by atoms with Gasteiger partial charge in [-0.25, -0.2) is 0 Å². The van der Waals surface area contributed by atoms with Crippen LogP contribution in [0.15, 0.2) is 0 Å². The van der Waals surface area contributed by atoms with Crippen LogP contribution in [0.25, 0.3) is 0 Å². The first-order valence-corrected chi connectivity index (χ1v) is 6.91. The van der Waals surface area contributed by atoms with Crippen molar-refractivity contribution in [2.45, 2.75) is 44.7 Å². The second kappa shape index (κ2) is 5.83. The second-order valence-electron chi connectivity index (χ2n) is 5.39. The number of nitrogens with one attached hydrogen (secondary N) is 2. The quantitative estimate of drug-likeness (QED) is 0.757. The van der Waals surface area contributed by atoms with Crippen LogP contribution in [0.4, 0.5) is 0 Å². The molecule has 0 aliphatic carbocycles. The lowest BCUT2D eigenvalue weighted by Gasteiger charge is -2.38. The minimum Gasteiger partial charge on any atom is -0.358 e. The number of hydrogen-bond acceptors (Lipinski definition) is 3. The molecule has 0 aromatic rings. The van der Waals surface area contributed by atoms with Crippen molar-refractivity contribution in [3.8, 4) is 0 Å². The van der Waals surface area contributed by atoms with E-state index in [1.54, 1.807) is 7.05 Å². The van der Waals surface area contributed by atoms with Gasteiger partial charge in [-0.15, -0.1) is 0 Å². The molecule has 3 unspecified atom stereocenters. The fourth-order valence-electron chi connectivity index (χ4n) is 3.21. The molecule has 0 aromatic heterocycles. The topological polar surface area (TPSA) is 44.4 Å². The third-order valence-electron chi connectivity index (χ3n) is 4.33. The normalized spacial score (nSPS) is 32.4. The average molecular weight is 239 g/mol. The van der Waals surface area contributed by atoms with Crippen molar-refractivity contribution >= 4 is 5.91 Å². The Morgan fingerprint density at radius 2 is 2.24 bits per heavy atom. The van der Waals surface area contributed by atoms with E-state index >= 15 is 0 Å². The molecule has 0 bridgehead atoms. The predicted octanol–water partition coefficient (Wildman–Crippen LogP) is 0.585. The van der Waals surface area contributed by atoms with Crippen molar-refractivity contribution in [3.63, 3.8) is 0 Å². The van der Waals surface area contributed by atoms with Gasteiger partial charge in [0, 0.05) is 19.6 Å². The summed E-state index contributed by atoms with van der Waals surface area (Å²) in [6, 6.07) is 0.707. The van der Waals surface area contributed by atoms with E-state index in [9.17, 15) is 4.79 Å². The van der Waals surface area contributed by atoms with Crippen molar-refractivity contribution in [3.05, 3.63) is 0 Å². The van der Waals surface area contributed by atoms with Crippen LogP contribution in [0.2, 0.25) is 0 Å². The van der Waals surface area contributed by atoms with Gasteiger partial charge in [-0.3, -0.25) is 9.69 Å². The monoisotopic (exact) mass is 239 g/mol. The lowest BCUT2D eigenvalue weighted by atomic mass is 9.89. The van der Waals surface area contributed by atoms with Crippen LogP contribution in [-0.2, 0) is 4.79 Å². The maximum atomic E-state index is 11.7. The summed E-state index contributed by atoms with van der Waals surface area (Å²) in [4.78, 5) is 14.0. The number of carbonyl (C=O) groups excluding carboxylic acids is 1. The van der Waals surface area contributed by atoms with E-state index < -0.39 is 0 Å². The molecule has 0 saturated carbocycles. The molecule has 4 nitrogen and oxygen atoms in total. The Hall–Kier alpha value is -0.610. The smallest absolute Gasteiger partial charge is 0.236 e. The third kappa shape index (κ3) is 2.99. The number of amides is 1. The van der Waals surface area contributed by atoms with Gasteiger partial charge < -0.3 is 10.6 Å². The maximum absolute atomic E-state index is 11.7. The molecule has 0 radical (unpaired) electrons. The molecule has 2 N–H and O–H groups in total. The molecule has 98 valence electrons. The largest absolute Gasteiger partial charge is 0.358 e. The molecule has 0 aromatic carbocycles. The van der Waals surface area contributed by atoms with E-state index in [4.69, 9.17) is 0 Å². The molecule has 2 saturated heterocycles. The zero-order chi connectivity index (χ0) is 12.3. The highest BCUT2D eigenvalue weighted by Crippen LogP contribution is 2.25. The molecular weight excluding hydrogens is 214 g/mol. The number of piperidine rings is 1. The van der Waals surface area contributed by atoms with Crippen LogP contribution >= 0.6 is 0 Å². The lowest BCUT2D eigenvalue weighted by Crippen LogP contribution is -2.51. The fourth-order valence-corrected chi connectivity index (χ4v) is 3.21. The summed E-state index contributed by atoms with van der Waals surface area (Å²) in [6.07, 6.45) is 5.16. The summed E-state index contributed by atoms with van der Waals surface area (Å²) in [5.74, 6) is 0.878. The molecular formula is C13H25N3O. The summed E-state index contributed by atoms with van der Waals surface area (Å²) in [5, 5.41) is 6.35. The summed E-state index contributed by atoms with van der Waals surface area (Å²) in [5.41, 5.74) is 0. The lowest BCUT2D eigenvalue weighted by molar-refractivity contribution is -0.126. The van der Waals surface area contributed by atoms with Crippen LogP contribution in [0.5, 0.6) is 0 Å². The highest BCUT2D eigenvalue weighted by molar-refractivity contribution is 5.80. The summed E-state index contributed by atoms with van der Waals surface area (Å²) in [7, 11) is 1.72. The van der Waals surface area contributed by atoms with Gasteiger partial charge in [-0.05, 0) is 51.6 Å². The van der Waals surface area contributed by atoms with Crippen molar-refractivity contribution in [2.24, 2.45) is 5.92 Å². The summed E-state index contributed by atoms with van der Waals surface area (Å²) >= 11 is 0. The Morgan fingerprint density at radius 3 is 2.88 bits per heavy atom. The number of hydrogen-bond donors (Lipinski definition) is 2. The van der Waals surface area contributed by atoms with Crippen LogP contribution in [0.1, 0.15) is 32.6 Å². The van der Waals surface area contributed by atoms with E-state index in [1.165, 1.54) is 32.2 Å². The molecule has 2 aliphatic heterocycles. The molecule has 2 rings (SSSR count). The highest BCUT2D eigenvalue weighted by Gasteiger charge is 2.32. The number of likely N-dealkylation sites (N-methyl/N-ethyl adjacent to an activating group) is 1. The van der Waals surface area contributed by atoms with Crippen LogP contribution in [0.3, 0.4) is 0 Å². The minimum atomic E-state index is 0.0178. The highest BCUT2D eigenvalue weighted by atomic mass is 16.2. The first kappa shape index (κ1) is 12.8. The van der Waals surface area contributed by atoms with E-state index in [2.05, 4.69) is 15.5 Å². The van der Waals surface area contributed by atoms with Gasteiger partial charge in [0.15, 0.2) is 0 Å². The molecule has 3 atom stereocenters. The summed E-state index contributed by atoms with van der Waals surface area (Å²) < 4.78 is 0. The van der Waals surface area contributed by atoms with Crippen LogP contribution < -0.4 is 10.6 Å². The Balaban J connectivity index is 1.89. The van der Waals surface area contributed by atoms with Gasteiger partial charge in [-0.2, -0.15) is 0 Å². The molecule has 4 heteroatoms. The van der Waals surface area contributed by atoms with Gasteiger partial charge in [-0.1, -0.05) is 0 Å². The number of likely N-dealkylation sites (tertiary alicyclic amines) is 1. The zero-order valence-corrected chi connectivity index (χ0v) is 11.0. The Kier molecular flexibility index (Phi) is 4.40. The van der Waals surface area contributed by atoms with Crippen molar-refractivity contribution < 1.29 is 4.79 Å². The minimum absolute atomic E-state index is 0.0178. The fraction of sp³-hybridized carbons (Fsp3) is 0.923. The first-order chi connectivity index (χ1) is 8.22. The maximum Gasteiger partial charge on any atom is 0.236 e. The van der Waals surface area contributed by atoms with E-state index in [0.29, 0.717) is 6.04 Å². The van der Waals surface area contributed by atoms with Crippen LogP contribution in [-0.4, -0.2) is 49.6 Å². The van der Waals surface area contributed by atoms with Crippen molar-refractivity contribution in [2.75, 3.05) is 26.7 Å². The van der Waals surface area contributed by atoms with E-state index in [0.717, 1.165) is 19.0 Å². The summed E-state index contributed by atoms with van der Waals surface area (Å²) in [6.45, 7) is 5.33. The van der Waals surface area contributed by atoms with Gasteiger partial charge in [0.2, 0.25) is 5.91 Å². The second-order valence-corrected chi connectivity index (χ2v) is 5.39. The third-order valence-corrected chi connectivity index (χ3v) is 4.33. The molecule has 2 aliphatic rings. The van der Waals surface area contributed by atoms with Crippen molar-refractivity contribution in [1.82, 2.24) is 15.5 Å². The Bertz CT molecular complexity index is 263. The van der Waals surface area contributed by atoms with Crippen molar-refractivity contribution in [1.29, 1.82) is 0 Å². The SMILES string of the molecule is CNC(=O)C(C)N1CCCC(C2CCCN2)C1. The van der Waals surface area contributed by atoms with E-state index in [1.807, 2.05) is 6.92 Å². The van der Waals surface area contributed by atoms with E-state index in [-0.39, 0.29) is 11.9 Å². The molecule has 1 amide bonds. The first-order valence-electron chi connectivity index (χ1n) is 6.91. The Morgan fingerprint density at radius 1 is 1.41 bits per heavy atom. The van der Waals surface area contributed by atoms with Gasteiger partial charge >= 0.3 is 0 Å².